The number of anilines is 1. The number of aliphatic hydroxyl groups excluding tert-OH is 1. The molecule has 0 aliphatic heterocycles. The largest absolute Gasteiger partial charge is 0.412 e. The number of nitrogens with two attached hydrogens (primary N) is 1. The van der Waals surface area contributed by atoms with Gasteiger partial charge in [-0.15, -0.1) is 0 Å². The maximum absolute atomic E-state index is 7.57. The Bertz CT molecular complexity index is 153. The second-order valence-electron chi connectivity index (χ2n) is 1.73. The van der Waals surface area contributed by atoms with Crippen LogP contribution in [0.4, 0.5) is 5.69 Å². The van der Waals surface area contributed by atoms with Crippen molar-refractivity contribution >= 4 is 5.69 Å². The predicted molar refractivity (Wildman–Crippen MR) is 47.2 cm³/mol. The van der Waals surface area contributed by atoms with E-state index in [1.165, 1.54) is 0 Å². The number of rotatable bonds is 0. The zero-order chi connectivity index (χ0) is 7.82. The van der Waals surface area contributed by atoms with Gasteiger partial charge in [-0.1, -0.05) is 18.2 Å². The van der Waals surface area contributed by atoms with E-state index in [-0.39, 0.29) is 12.1 Å². The Hall–Kier alpha value is -1.06. The van der Waals surface area contributed by atoms with Crippen LogP contribution in [0.3, 0.4) is 0 Å². The predicted octanol–water partition coefficient (Wildman–Crippen LogP) is 0.443. The summed E-state index contributed by atoms with van der Waals surface area (Å²) in [6.07, 6.45) is 0. The van der Waals surface area contributed by atoms with E-state index in [0.717, 1.165) is 5.69 Å². The van der Waals surface area contributed by atoms with Crippen molar-refractivity contribution in [3.63, 3.8) is 0 Å². The van der Waals surface area contributed by atoms with E-state index in [0.29, 0.717) is 0 Å². The van der Waals surface area contributed by atoms with Gasteiger partial charge in [0.1, 0.15) is 0 Å². The molecule has 0 heterocycles. The second-order valence-corrected chi connectivity index (χ2v) is 1.73. The number of aliphatic hydroxyl groups is 1. The van der Waals surface area contributed by atoms with Crippen LogP contribution in [0.1, 0.15) is 6.92 Å². The minimum absolute atomic E-state index is 0. The molecule has 0 bridgehead atoms. The molecule has 1 aromatic rings. The molecule has 0 radical (unpaired) electrons. The van der Waals surface area contributed by atoms with Crippen molar-refractivity contribution in [2.45, 2.75) is 6.92 Å². The molecule has 0 amide bonds. The molecule has 0 unspecified atom stereocenters. The molecule has 0 aliphatic carbocycles. The first kappa shape index (κ1) is 12.6. The van der Waals surface area contributed by atoms with Crippen LogP contribution in [-0.4, -0.2) is 17.2 Å². The fraction of sp³-hybridized carbons (Fsp3) is 0.250. The van der Waals surface area contributed by atoms with E-state index >= 15 is 0 Å². The molecule has 64 valence electrons. The molecule has 0 aromatic heterocycles. The normalized spacial score (nSPS) is 7.09. The first-order valence-electron chi connectivity index (χ1n) is 3.22. The molecule has 0 fully saturated rings. The van der Waals surface area contributed by atoms with Gasteiger partial charge >= 0.3 is 0 Å². The summed E-state index contributed by atoms with van der Waals surface area (Å²) >= 11 is 0. The molecule has 5 N–H and O–H groups in total. The van der Waals surface area contributed by atoms with Crippen molar-refractivity contribution in [3.05, 3.63) is 30.3 Å². The summed E-state index contributed by atoms with van der Waals surface area (Å²) in [5.41, 5.74) is 6.18. The minimum atomic E-state index is 0. The molecule has 1 rings (SSSR count). The van der Waals surface area contributed by atoms with Gasteiger partial charge in [0.15, 0.2) is 0 Å². The highest BCUT2D eigenvalue weighted by atomic mass is 16.2. The van der Waals surface area contributed by atoms with Crippen LogP contribution in [-0.2, 0) is 0 Å². The lowest BCUT2D eigenvalue weighted by molar-refractivity contribution is 0.318. The zero-order valence-corrected chi connectivity index (χ0v) is 6.62. The van der Waals surface area contributed by atoms with Crippen molar-refractivity contribution in [2.75, 3.05) is 12.3 Å². The van der Waals surface area contributed by atoms with Crippen molar-refractivity contribution < 1.29 is 10.6 Å². The number of benzene rings is 1. The van der Waals surface area contributed by atoms with Crippen LogP contribution in [0.5, 0.6) is 0 Å². The van der Waals surface area contributed by atoms with Crippen LogP contribution in [0.25, 0.3) is 0 Å². The summed E-state index contributed by atoms with van der Waals surface area (Å²) < 4.78 is 0. The number of hydrogen-bond acceptors (Lipinski definition) is 2. The quantitative estimate of drug-likeness (QED) is 0.536. The summed E-state index contributed by atoms with van der Waals surface area (Å²) in [7, 11) is 0. The summed E-state index contributed by atoms with van der Waals surface area (Å²) in [5.74, 6) is 0. The maximum atomic E-state index is 7.57. The highest BCUT2D eigenvalue weighted by Crippen LogP contribution is 1.95. The summed E-state index contributed by atoms with van der Waals surface area (Å²) in [4.78, 5) is 0. The first-order chi connectivity index (χ1) is 4.81. The van der Waals surface area contributed by atoms with Gasteiger partial charge in [-0.05, 0) is 19.1 Å². The topological polar surface area (TPSA) is 77.8 Å². The molecular formula is C8H15NO2. The SMILES string of the molecule is CCO.Nc1ccccc1.O. The average molecular weight is 157 g/mol. The average Bonchev–Trinajstić information content (AvgIpc) is 1.91. The number of para-hydroxylation sites is 1. The smallest absolute Gasteiger partial charge is 0.0402 e. The Morgan fingerprint density at radius 3 is 1.82 bits per heavy atom. The molecule has 0 atom stereocenters. The van der Waals surface area contributed by atoms with Gasteiger partial charge in [0.05, 0.1) is 0 Å². The molecule has 0 aliphatic rings. The van der Waals surface area contributed by atoms with Crippen LogP contribution in [0, 0.1) is 0 Å². The standard InChI is InChI=1S/C6H7N.C2H6O.H2O/c7-6-4-2-1-3-5-6;1-2-3;/h1-5H,7H2;3H,2H2,1H3;1H2. The van der Waals surface area contributed by atoms with E-state index in [1.54, 1.807) is 6.92 Å². The molecule has 3 nitrogen and oxygen atoms in total. The van der Waals surface area contributed by atoms with E-state index in [1.807, 2.05) is 30.3 Å². The lowest BCUT2D eigenvalue weighted by Gasteiger charge is -1.83. The highest BCUT2D eigenvalue weighted by molar-refractivity contribution is 5.35. The van der Waals surface area contributed by atoms with E-state index in [9.17, 15) is 0 Å². The Morgan fingerprint density at radius 2 is 1.64 bits per heavy atom. The summed E-state index contributed by atoms with van der Waals surface area (Å²) in [5, 5.41) is 7.57. The second kappa shape index (κ2) is 8.94. The number of hydrogen-bond donors (Lipinski definition) is 2. The van der Waals surface area contributed by atoms with Crippen molar-refractivity contribution in [1.29, 1.82) is 0 Å². The lowest BCUT2D eigenvalue weighted by atomic mass is 10.3. The van der Waals surface area contributed by atoms with E-state index in [2.05, 4.69) is 0 Å². The van der Waals surface area contributed by atoms with E-state index in [4.69, 9.17) is 10.8 Å². The lowest BCUT2D eigenvalue weighted by Crippen LogP contribution is -1.79. The van der Waals surface area contributed by atoms with E-state index < -0.39 is 0 Å². The van der Waals surface area contributed by atoms with Crippen LogP contribution in [0.2, 0.25) is 0 Å². The van der Waals surface area contributed by atoms with Gasteiger partial charge in [0.2, 0.25) is 0 Å². The highest BCUT2D eigenvalue weighted by Gasteiger charge is 1.72. The summed E-state index contributed by atoms with van der Waals surface area (Å²) in [6.45, 7) is 1.93. The van der Waals surface area contributed by atoms with Gasteiger partial charge < -0.3 is 16.3 Å². The third kappa shape index (κ3) is 8.94. The van der Waals surface area contributed by atoms with Crippen LogP contribution < -0.4 is 5.73 Å². The minimum Gasteiger partial charge on any atom is -0.412 e. The molecule has 3 heteroatoms. The van der Waals surface area contributed by atoms with Gasteiger partial charge in [-0.3, -0.25) is 0 Å². The molecule has 11 heavy (non-hydrogen) atoms. The molecule has 0 saturated carbocycles. The fourth-order valence-corrected chi connectivity index (χ4v) is 0.453. The third-order valence-electron chi connectivity index (χ3n) is 0.800. The zero-order valence-electron chi connectivity index (χ0n) is 6.62. The Kier molecular flexibility index (Phi) is 10.2. The van der Waals surface area contributed by atoms with Gasteiger partial charge in [0.25, 0.3) is 0 Å². The van der Waals surface area contributed by atoms with Crippen LogP contribution >= 0.6 is 0 Å². The molecule has 0 saturated heterocycles. The van der Waals surface area contributed by atoms with Gasteiger partial charge in [0, 0.05) is 12.3 Å². The fourth-order valence-electron chi connectivity index (χ4n) is 0.453. The molecule has 1 aromatic carbocycles. The Morgan fingerprint density at radius 1 is 1.27 bits per heavy atom. The van der Waals surface area contributed by atoms with Crippen molar-refractivity contribution in [2.24, 2.45) is 0 Å². The monoisotopic (exact) mass is 157 g/mol. The maximum Gasteiger partial charge on any atom is 0.0402 e. The molecule has 0 spiro atoms. The van der Waals surface area contributed by atoms with Gasteiger partial charge in [-0.25, -0.2) is 0 Å². The van der Waals surface area contributed by atoms with Crippen LogP contribution in [0.15, 0.2) is 30.3 Å². The Labute approximate surface area is 66.8 Å². The van der Waals surface area contributed by atoms with Gasteiger partial charge in [-0.2, -0.15) is 0 Å². The summed E-state index contributed by atoms with van der Waals surface area (Å²) in [6, 6.07) is 9.49. The number of nitrogen functional groups attached to an aromatic ring is 1. The third-order valence-corrected chi connectivity index (χ3v) is 0.800. The van der Waals surface area contributed by atoms with Crippen molar-refractivity contribution in [1.82, 2.24) is 0 Å². The first-order valence-corrected chi connectivity index (χ1v) is 3.22. The molecular weight excluding hydrogens is 142 g/mol. The Balaban J connectivity index is 0. The van der Waals surface area contributed by atoms with Crippen molar-refractivity contribution in [3.8, 4) is 0 Å².